The number of rotatable bonds is 8. The van der Waals surface area contributed by atoms with Crippen molar-refractivity contribution in [2.75, 3.05) is 45.9 Å². The molecule has 0 atom stereocenters. The second kappa shape index (κ2) is 10.6. The normalized spacial score (nSPS) is 15.0. The fourth-order valence-corrected chi connectivity index (χ4v) is 2.78. The van der Waals surface area contributed by atoms with Crippen molar-refractivity contribution < 1.29 is 14.3 Å². The maximum atomic E-state index is 11.8. The first-order valence-corrected chi connectivity index (χ1v) is 9.07. The molecule has 0 aromatic heterocycles. The van der Waals surface area contributed by atoms with Gasteiger partial charge in [0.1, 0.15) is 0 Å². The Hall–Kier alpha value is -1.34. The van der Waals surface area contributed by atoms with Gasteiger partial charge in [-0.3, -0.25) is 14.5 Å². The van der Waals surface area contributed by atoms with E-state index >= 15 is 0 Å². The lowest BCUT2D eigenvalue weighted by Crippen LogP contribution is -2.43. The minimum atomic E-state index is -0.184. The Morgan fingerprint density at radius 2 is 1.84 bits per heavy atom. The predicted octanol–water partition coefficient (Wildman–Crippen LogP) is 1.49. The third-order valence-electron chi connectivity index (χ3n) is 3.92. The first kappa shape index (κ1) is 20.0. The number of ether oxygens (including phenoxy) is 1. The standard InChI is InChI=1S/C17H23Cl2N3O3/c18-14-3-1-13(11-15(14)19)2-4-16(23)21-12-17(24)20-5-6-22-7-9-25-10-8-22/h1,3,11H,2,4-10,12H2,(H,20,24)(H,21,23). The first-order chi connectivity index (χ1) is 12.0. The fraction of sp³-hybridized carbons (Fsp3) is 0.529. The molecule has 0 saturated carbocycles. The Bertz CT molecular complexity index is 593. The third kappa shape index (κ3) is 7.61. The van der Waals surface area contributed by atoms with Crippen LogP contribution in [0.3, 0.4) is 0 Å². The van der Waals surface area contributed by atoms with E-state index in [1.165, 1.54) is 0 Å². The van der Waals surface area contributed by atoms with Gasteiger partial charge in [-0.2, -0.15) is 0 Å². The number of amides is 2. The van der Waals surface area contributed by atoms with Gasteiger partial charge < -0.3 is 15.4 Å². The van der Waals surface area contributed by atoms with Crippen LogP contribution < -0.4 is 10.6 Å². The summed E-state index contributed by atoms with van der Waals surface area (Å²) in [5.41, 5.74) is 0.930. The summed E-state index contributed by atoms with van der Waals surface area (Å²) in [5, 5.41) is 6.39. The first-order valence-electron chi connectivity index (χ1n) is 8.32. The maximum absolute atomic E-state index is 11.8. The summed E-state index contributed by atoms with van der Waals surface area (Å²) in [4.78, 5) is 25.8. The molecule has 1 saturated heterocycles. The third-order valence-corrected chi connectivity index (χ3v) is 4.66. The molecule has 0 aliphatic carbocycles. The van der Waals surface area contributed by atoms with Crippen LogP contribution in [0.15, 0.2) is 18.2 Å². The van der Waals surface area contributed by atoms with Gasteiger partial charge in [-0.25, -0.2) is 0 Å². The summed E-state index contributed by atoms with van der Waals surface area (Å²) in [6, 6.07) is 5.29. The van der Waals surface area contributed by atoms with Crippen LogP contribution in [0.5, 0.6) is 0 Å². The van der Waals surface area contributed by atoms with Crippen molar-refractivity contribution in [3.8, 4) is 0 Å². The second-order valence-electron chi connectivity index (χ2n) is 5.83. The number of morpholine rings is 1. The van der Waals surface area contributed by atoms with Crippen molar-refractivity contribution >= 4 is 35.0 Å². The Balaban J connectivity index is 1.57. The molecule has 1 aromatic carbocycles. The minimum absolute atomic E-state index is 0.0106. The zero-order valence-corrected chi connectivity index (χ0v) is 15.5. The van der Waals surface area contributed by atoms with E-state index in [2.05, 4.69) is 15.5 Å². The average Bonchev–Trinajstić information content (AvgIpc) is 2.62. The number of carbonyl (C=O) groups is 2. The van der Waals surface area contributed by atoms with E-state index in [-0.39, 0.29) is 18.4 Å². The molecule has 0 bridgehead atoms. The zero-order chi connectivity index (χ0) is 18.1. The molecule has 1 fully saturated rings. The van der Waals surface area contributed by atoms with E-state index in [0.717, 1.165) is 38.4 Å². The largest absolute Gasteiger partial charge is 0.379 e. The molecule has 0 radical (unpaired) electrons. The van der Waals surface area contributed by atoms with Gasteiger partial charge in [0.2, 0.25) is 11.8 Å². The lowest BCUT2D eigenvalue weighted by Gasteiger charge is -2.26. The predicted molar refractivity (Wildman–Crippen MR) is 98.1 cm³/mol. The van der Waals surface area contributed by atoms with Crippen molar-refractivity contribution in [3.63, 3.8) is 0 Å². The van der Waals surface area contributed by atoms with Crippen LogP contribution in [0.25, 0.3) is 0 Å². The van der Waals surface area contributed by atoms with Gasteiger partial charge in [-0.15, -0.1) is 0 Å². The summed E-state index contributed by atoms with van der Waals surface area (Å²) in [6.45, 7) is 4.61. The molecule has 1 aliphatic heterocycles. The molecule has 0 unspecified atom stereocenters. The number of hydrogen-bond donors (Lipinski definition) is 2. The van der Waals surface area contributed by atoms with Gasteiger partial charge in [-0.05, 0) is 24.1 Å². The molecule has 2 N–H and O–H groups in total. The summed E-state index contributed by atoms with van der Waals surface area (Å²) in [5.74, 6) is -0.356. The molecule has 25 heavy (non-hydrogen) atoms. The number of aryl methyl sites for hydroxylation is 1. The van der Waals surface area contributed by atoms with Crippen molar-refractivity contribution in [2.45, 2.75) is 12.8 Å². The number of benzene rings is 1. The van der Waals surface area contributed by atoms with Crippen LogP contribution in [-0.4, -0.2) is 62.7 Å². The van der Waals surface area contributed by atoms with Gasteiger partial charge in [0.05, 0.1) is 29.8 Å². The minimum Gasteiger partial charge on any atom is -0.379 e. The molecule has 1 aliphatic rings. The molecule has 8 heteroatoms. The lowest BCUT2D eigenvalue weighted by molar-refractivity contribution is -0.126. The molecular formula is C17H23Cl2N3O3. The molecule has 1 heterocycles. The SMILES string of the molecule is O=C(CCc1ccc(Cl)c(Cl)c1)NCC(=O)NCCN1CCOCC1. The van der Waals surface area contributed by atoms with Crippen molar-refractivity contribution in [2.24, 2.45) is 0 Å². The van der Waals surface area contributed by atoms with E-state index in [0.29, 0.717) is 29.4 Å². The molecule has 2 amide bonds. The molecule has 1 aromatic rings. The highest BCUT2D eigenvalue weighted by atomic mass is 35.5. The van der Waals surface area contributed by atoms with Crippen LogP contribution >= 0.6 is 23.2 Å². The van der Waals surface area contributed by atoms with Crippen LogP contribution in [0.2, 0.25) is 10.0 Å². The highest BCUT2D eigenvalue weighted by molar-refractivity contribution is 6.42. The van der Waals surface area contributed by atoms with Gasteiger partial charge >= 0.3 is 0 Å². The molecule has 2 rings (SSSR count). The van der Waals surface area contributed by atoms with Crippen LogP contribution in [0.1, 0.15) is 12.0 Å². The number of nitrogens with one attached hydrogen (secondary N) is 2. The van der Waals surface area contributed by atoms with Crippen LogP contribution in [-0.2, 0) is 20.7 Å². The molecular weight excluding hydrogens is 365 g/mol. The van der Waals surface area contributed by atoms with Crippen LogP contribution in [0, 0.1) is 0 Å². The van der Waals surface area contributed by atoms with Crippen molar-refractivity contribution in [1.82, 2.24) is 15.5 Å². The fourth-order valence-electron chi connectivity index (χ4n) is 2.46. The van der Waals surface area contributed by atoms with Gasteiger partial charge in [0.25, 0.3) is 0 Å². The van der Waals surface area contributed by atoms with Gasteiger partial charge in [0.15, 0.2) is 0 Å². The summed E-state index contributed by atoms with van der Waals surface area (Å²) >= 11 is 11.8. The van der Waals surface area contributed by atoms with Crippen molar-refractivity contribution in [3.05, 3.63) is 33.8 Å². The highest BCUT2D eigenvalue weighted by Crippen LogP contribution is 2.23. The van der Waals surface area contributed by atoms with Gasteiger partial charge in [-0.1, -0.05) is 29.3 Å². The monoisotopic (exact) mass is 387 g/mol. The highest BCUT2D eigenvalue weighted by Gasteiger charge is 2.11. The molecule has 6 nitrogen and oxygen atoms in total. The zero-order valence-electron chi connectivity index (χ0n) is 14.0. The molecule has 0 spiro atoms. The summed E-state index contributed by atoms with van der Waals surface area (Å²) in [7, 11) is 0. The quantitative estimate of drug-likeness (QED) is 0.708. The summed E-state index contributed by atoms with van der Waals surface area (Å²) in [6.07, 6.45) is 0.834. The lowest BCUT2D eigenvalue weighted by atomic mass is 10.1. The Morgan fingerprint density at radius 1 is 1.08 bits per heavy atom. The average molecular weight is 388 g/mol. The van der Waals surface area contributed by atoms with Gasteiger partial charge in [0, 0.05) is 32.6 Å². The van der Waals surface area contributed by atoms with E-state index in [9.17, 15) is 9.59 Å². The Kier molecular flexibility index (Phi) is 8.48. The van der Waals surface area contributed by atoms with Crippen molar-refractivity contribution in [1.29, 1.82) is 0 Å². The van der Waals surface area contributed by atoms with E-state index in [1.807, 2.05) is 6.07 Å². The van der Waals surface area contributed by atoms with E-state index < -0.39 is 0 Å². The van der Waals surface area contributed by atoms with E-state index in [4.69, 9.17) is 27.9 Å². The summed E-state index contributed by atoms with van der Waals surface area (Å²) < 4.78 is 5.27. The van der Waals surface area contributed by atoms with E-state index in [1.54, 1.807) is 12.1 Å². The Labute approximate surface area is 157 Å². The second-order valence-corrected chi connectivity index (χ2v) is 6.64. The van der Waals surface area contributed by atoms with Crippen LogP contribution in [0.4, 0.5) is 0 Å². The smallest absolute Gasteiger partial charge is 0.239 e. The number of carbonyl (C=O) groups excluding carboxylic acids is 2. The Morgan fingerprint density at radius 3 is 2.56 bits per heavy atom. The topological polar surface area (TPSA) is 70.7 Å². The molecule has 138 valence electrons. The number of hydrogen-bond acceptors (Lipinski definition) is 4. The number of nitrogens with zero attached hydrogens (tertiary/aromatic N) is 1. The maximum Gasteiger partial charge on any atom is 0.239 e. The number of halogens is 2.